The van der Waals surface area contributed by atoms with Gasteiger partial charge in [-0.15, -0.1) is 0 Å². The molecule has 7 heteroatoms. The van der Waals surface area contributed by atoms with E-state index >= 15 is 0 Å². The average molecular weight is 481 g/mol. The first-order chi connectivity index (χ1) is 15.0. The van der Waals surface area contributed by atoms with Crippen molar-refractivity contribution in [3.05, 3.63) is 63.9 Å². The number of aromatic nitrogens is 1. The van der Waals surface area contributed by atoms with Crippen LogP contribution in [-0.4, -0.2) is 16.8 Å². The van der Waals surface area contributed by atoms with Crippen LogP contribution >= 0.6 is 15.9 Å². The molecule has 1 atom stereocenters. The molecule has 1 aromatic carbocycles. The van der Waals surface area contributed by atoms with Crippen LogP contribution in [0.3, 0.4) is 0 Å². The number of nitrogens with zero attached hydrogens (tertiary/aromatic N) is 2. The van der Waals surface area contributed by atoms with Gasteiger partial charge in [-0.2, -0.15) is 5.26 Å². The number of amides is 2. The highest BCUT2D eigenvalue weighted by molar-refractivity contribution is 9.10. The summed E-state index contributed by atoms with van der Waals surface area (Å²) in [5.41, 5.74) is 2.25. The lowest BCUT2D eigenvalue weighted by Gasteiger charge is -2.34. The summed E-state index contributed by atoms with van der Waals surface area (Å²) in [5, 5.41) is 15.4. The van der Waals surface area contributed by atoms with Crippen molar-refractivity contribution in [2.75, 3.05) is 5.32 Å². The highest BCUT2D eigenvalue weighted by atomic mass is 79.9. The van der Waals surface area contributed by atoms with Gasteiger partial charge in [0, 0.05) is 12.1 Å². The Kier molecular flexibility index (Phi) is 7.96. The number of anilines is 1. The second-order valence-electron chi connectivity index (χ2n) is 7.62. The molecule has 31 heavy (non-hydrogen) atoms. The van der Waals surface area contributed by atoms with Gasteiger partial charge in [-0.1, -0.05) is 31.5 Å². The van der Waals surface area contributed by atoms with Crippen molar-refractivity contribution in [1.82, 2.24) is 10.3 Å². The van der Waals surface area contributed by atoms with Crippen LogP contribution in [0.1, 0.15) is 56.3 Å². The topological polar surface area (TPSA) is 94.9 Å². The molecule has 2 N–H and O–H groups in total. The number of pyridine rings is 1. The van der Waals surface area contributed by atoms with Crippen LogP contribution in [0.2, 0.25) is 0 Å². The Labute approximate surface area is 190 Å². The van der Waals surface area contributed by atoms with Crippen LogP contribution in [0.4, 0.5) is 5.69 Å². The minimum atomic E-state index is -0.415. The van der Waals surface area contributed by atoms with Gasteiger partial charge < -0.3 is 10.6 Å². The van der Waals surface area contributed by atoms with Gasteiger partial charge in [0.05, 0.1) is 11.7 Å². The van der Waals surface area contributed by atoms with Crippen molar-refractivity contribution >= 4 is 39.5 Å². The zero-order valence-corrected chi connectivity index (χ0v) is 19.0. The highest BCUT2D eigenvalue weighted by Gasteiger charge is 2.30. The van der Waals surface area contributed by atoms with Gasteiger partial charge >= 0.3 is 0 Å². The van der Waals surface area contributed by atoms with Crippen molar-refractivity contribution in [2.45, 2.75) is 45.1 Å². The molecule has 0 saturated heterocycles. The molecule has 160 valence electrons. The minimum absolute atomic E-state index is 0.0101. The predicted octanol–water partition coefficient (Wildman–Crippen LogP) is 5.15. The summed E-state index contributed by atoms with van der Waals surface area (Å²) in [6.07, 6.45) is 5.95. The van der Waals surface area contributed by atoms with Gasteiger partial charge in [0.1, 0.15) is 16.2 Å². The molecule has 0 aliphatic heterocycles. The van der Waals surface area contributed by atoms with E-state index in [0.717, 1.165) is 36.9 Å². The molecule has 1 saturated carbocycles. The summed E-state index contributed by atoms with van der Waals surface area (Å²) in [6.45, 7) is 1.96. The van der Waals surface area contributed by atoms with E-state index in [1.807, 2.05) is 37.3 Å². The standard InChI is InChI=1S/C24H25BrN4O2/c1-2-5-22(30)28-19-12-10-17(11-13-19)23(16-6-3-7-16)29-24(31)18(15-26)14-20-8-4-9-21(25)27-20/h4,8-14,16,23H,2-3,5-7H2,1H3,(H,28,30)(H,29,31)/b18-14+. The molecule has 2 aromatic rings. The molecular weight excluding hydrogens is 456 g/mol. The second kappa shape index (κ2) is 10.9. The molecule has 0 radical (unpaired) electrons. The Morgan fingerprint density at radius 3 is 2.58 bits per heavy atom. The molecule has 0 bridgehead atoms. The first-order valence-electron chi connectivity index (χ1n) is 10.4. The Morgan fingerprint density at radius 1 is 1.26 bits per heavy atom. The lowest BCUT2D eigenvalue weighted by atomic mass is 9.77. The Balaban J connectivity index is 1.76. The lowest BCUT2D eigenvalue weighted by Crippen LogP contribution is -2.36. The van der Waals surface area contributed by atoms with E-state index in [1.54, 1.807) is 18.2 Å². The average Bonchev–Trinajstić information content (AvgIpc) is 2.71. The summed E-state index contributed by atoms with van der Waals surface area (Å²) in [5.74, 6) is -0.0982. The van der Waals surface area contributed by atoms with Crippen molar-refractivity contribution in [2.24, 2.45) is 5.92 Å². The summed E-state index contributed by atoms with van der Waals surface area (Å²) in [4.78, 5) is 28.9. The van der Waals surface area contributed by atoms with Gasteiger partial charge in [-0.05, 0) is 77.0 Å². The maximum absolute atomic E-state index is 12.9. The summed E-state index contributed by atoms with van der Waals surface area (Å²) in [6, 6.07) is 14.7. The number of carbonyl (C=O) groups excluding carboxylic acids is 2. The largest absolute Gasteiger partial charge is 0.344 e. The molecule has 0 spiro atoms. The molecule has 1 aliphatic rings. The Hall–Kier alpha value is -2.98. The van der Waals surface area contributed by atoms with Gasteiger partial charge in [0.2, 0.25) is 5.91 Å². The van der Waals surface area contributed by atoms with E-state index < -0.39 is 5.91 Å². The van der Waals surface area contributed by atoms with Gasteiger partial charge in [-0.25, -0.2) is 4.98 Å². The van der Waals surface area contributed by atoms with E-state index in [0.29, 0.717) is 22.6 Å². The summed E-state index contributed by atoms with van der Waals surface area (Å²) < 4.78 is 0.636. The molecule has 2 amide bonds. The Morgan fingerprint density at radius 2 is 2.00 bits per heavy atom. The first kappa shape index (κ1) is 22.7. The van der Waals surface area contributed by atoms with E-state index in [4.69, 9.17) is 0 Å². The fraction of sp³-hybridized carbons (Fsp3) is 0.333. The summed E-state index contributed by atoms with van der Waals surface area (Å²) in [7, 11) is 0. The number of hydrogen-bond acceptors (Lipinski definition) is 4. The smallest absolute Gasteiger partial charge is 0.262 e. The highest BCUT2D eigenvalue weighted by Crippen LogP contribution is 2.38. The molecule has 3 rings (SSSR count). The quantitative estimate of drug-likeness (QED) is 0.310. The van der Waals surface area contributed by atoms with Crippen molar-refractivity contribution < 1.29 is 9.59 Å². The molecule has 6 nitrogen and oxygen atoms in total. The second-order valence-corrected chi connectivity index (χ2v) is 8.43. The molecule has 1 heterocycles. The van der Waals surface area contributed by atoms with Crippen LogP contribution in [0.15, 0.2) is 52.6 Å². The van der Waals surface area contributed by atoms with Crippen molar-refractivity contribution in [3.63, 3.8) is 0 Å². The fourth-order valence-corrected chi connectivity index (χ4v) is 3.85. The first-order valence-corrected chi connectivity index (χ1v) is 11.2. The lowest BCUT2D eigenvalue weighted by molar-refractivity contribution is -0.118. The zero-order valence-electron chi connectivity index (χ0n) is 17.4. The van der Waals surface area contributed by atoms with Gasteiger partial charge in [0.15, 0.2) is 0 Å². The van der Waals surface area contributed by atoms with Gasteiger partial charge in [0.25, 0.3) is 5.91 Å². The van der Waals surface area contributed by atoms with Crippen LogP contribution in [-0.2, 0) is 9.59 Å². The number of hydrogen-bond donors (Lipinski definition) is 2. The van der Waals surface area contributed by atoms with Crippen LogP contribution in [0.25, 0.3) is 6.08 Å². The zero-order chi connectivity index (χ0) is 22.2. The SMILES string of the molecule is CCCC(=O)Nc1ccc(C(NC(=O)/C(C#N)=C/c2cccc(Br)n2)C2CCC2)cc1. The number of nitrogens with one attached hydrogen (secondary N) is 2. The number of halogens is 1. The van der Waals surface area contributed by atoms with Crippen LogP contribution < -0.4 is 10.6 Å². The number of carbonyl (C=O) groups is 2. The van der Waals surface area contributed by atoms with Crippen molar-refractivity contribution in [3.8, 4) is 6.07 Å². The van der Waals surface area contributed by atoms with E-state index in [9.17, 15) is 14.9 Å². The van der Waals surface area contributed by atoms with Crippen molar-refractivity contribution in [1.29, 1.82) is 5.26 Å². The van der Waals surface area contributed by atoms with Gasteiger partial charge in [-0.3, -0.25) is 9.59 Å². The predicted molar refractivity (Wildman–Crippen MR) is 124 cm³/mol. The third kappa shape index (κ3) is 6.25. The Bertz CT molecular complexity index is 1010. The van der Waals surface area contributed by atoms with E-state index in [2.05, 4.69) is 31.5 Å². The van der Waals surface area contributed by atoms with E-state index in [1.165, 1.54) is 6.08 Å². The normalized spacial score (nSPS) is 14.8. The fourth-order valence-electron chi connectivity index (χ4n) is 3.49. The minimum Gasteiger partial charge on any atom is -0.344 e. The molecule has 1 aromatic heterocycles. The maximum atomic E-state index is 12.9. The third-order valence-electron chi connectivity index (χ3n) is 5.33. The number of nitriles is 1. The van der Waals surface area contributed by atoms with Crippen LogP contribution in [0, 0.1) is 17.2 Å². The van der Waals surface area contributed by atoms with Crippen LogP contribution in [0.5, 0.6) is 0 Å². The summed E-state index contributed by atoms with van der Waals surface area (Å²) >= 11 is 3.30. The molecular formula is C24H25BrN4O2. The van der Waals surface area contributed by atoms with E-state index in [-0.39, 0.29) is 17.5 Å². The molecule has 1 fully saturated rings. The molecule has 1 unspecified atom stereocenters. The molecule has 1 aliphatic carbocycles. The number of rotatable bonds is 8. The monoisotopic (exact) mass is 480 g/mol. The maximum Gasteiger partial charge on any atom is 0.262 e. The number of benzene rings is 1. The third-order valence-corrected chi connectivity index (χ3v) is 5.77.